The Bertz CT molecular complexity index is 279. The Morgan fingerprint density at radius 3 is 2.77 bits per heavy atom. The van der Waals surface area contributed by atoms with Gasteiger partial charge in [0, 0.05) is 18.7 Å². The standard InChI is InChI=1S/C10H13NO2/c1-8(12)3-4-9-5-6-10(13-2)11-7-9/h5-7H,3-4H2,1-2H3. The molecule has 0 unspecified atom stereocenters. The van der Waals surface area contributed by atoms with Gasteiger partial charge in [-0.1, -0.05) is 6.07 Å². The number of nitrogens with zero attached hydrogens (tertiary/aromatic N) is 1. The van der Waals surface area contributed by atoms with Gasteiger partial charge in [0.05, 0.1) is 7.11 Å². The number of pyridine rings is 1. The fourth-order valence-corrected chi connectivity index (χ4v) is 1.000. The van der Waals surface area contributed by atoms with Crippen molar-refractivity contribution in [3.8, 4) is 5.88 Å². The van der Waals surface area contributed by atoms with E-state index in [2.05, 4.69) is 4.98 Å². The summed E-state index contributed by atoms with van der Waals surface area (Å²) in [6.45, 7) is 1.59. The van der Waals surface area contributed by atoms with E-state index in [1.54, 1.807) is 26.3 Å². The van der Waals surface area contributed by atoms with Gasteiger partial charge in [0.2, 0.25) is 5.88 Å². The Morgan fingerprint density at radius 2 is 2.31 bits per heavy atom. The first-order valence-corrected chi connectivity index (χ1v) is 4.20. The molecule has 0 bridgehead atoms. The molecule has 0 aliphatic heterocycles. The summed E-state index contributed by atoms with van der Waals surface area (Å²) < 4.78 is 4.92. The van der Waals surface area contributed by atoms with Crippen LogP contribution < -0.4 is 4.74 Å². The Balaban J connectivity index is 2.54. The van der Waals surface area contributed by atoms with Crippen molar-refractivity contribution in [3.05, 3.63) is 23.9 Å². The van der Waals surface area contributed by atoms with Gasteiger partial charge in [0.1, 0.15) is 5.78 Å². The van der Waals surface area contributed by atoms with Crippen LogP contribution in [0.1, 0.15) is 18.9 Å². The van der Waals surface area contributed by atoms with E-state index < -0.39 is 0 Å². The first-order chi connectivity index (χ1) is 6.22. The molecule has 1 aromatic heterocycles. The Labute approximate surface area is 77.8 Å². The summed E-state index contributed by atoms with van der Waals surface area (Å²) in [5, 5.41) is 0. The van der Waals surface area contributed by atoms with Crippen LogP contribution >= 0.6 is 0 Å². The third-order valence-electron chi connectivity index (χ3n) is 1.77. The van der Waals surface area contributed by atoms with Gasteiger partial charge < -0.3 is 9.53 Å². The van der Waals surface area contributed by atoms with Crippen LogP contribution in [0.4, 0.5) is 0 Å². The maximum atomic E-state index is 10.7. The van der Waals surface area contributed by atoms with Crippen molar-refractivity contribution in [3.63, 3.8) is 0 Å². The van der Waals surface area contributed by atoms with Crippen LogP contribution in [-0.2, 0) is 11.2 Å². The molecule has 0 saturated heterocycles. The average molecular weight is 179 g/mol. The number of carbonyl (C=O) groups excluding carboxylic acids is 1. The SMILES string of the molecule is COc1ccc(CCC(C)=O)cn1. The number of Topliss-reactive ketones (excluding diaryl/α,β-unsaturated/α-hetero) is 1. The molecule has 0 aromatic carbocycles. The minimum atomic E-state index is 0.204. The van der Waals surface area contributed by atoms with Crippen LogP contribution in [-0.4, -0.2) is 17.9 Å². The van der Waals surface area contributed by atoms with E-state index in [0.29, 0.717) is 12.3 Å². The molecule has 3 nitrogen and oxygen atoms in total. The highest BCUT2D eigenvalue weighted by molar-refractivity contribution is 5.75. The van der Waals surface area contributed by atoms with Gasteiger partial charge in [-0.3, -0.25) is 0 Å². The highest BCUT2D eigenvalue weighted by Crippen LogP contribution is 2.08. The van der Waals surface area contributed by atoms with Crippen molar-refractivity contribution in [1.82, 2.24) is 4.98 Å². The van der Waals surface area contributed by atoms with Crippen LogP contribution in [0.2, 0.25) is 0 Å². The average Bonchev–Trinajstić information content (AvgIpc) is 2.15. The predicted molar refractivity (Wildman–Crippen MR) is 49.8 cm³/mol. The third-order valence-corrected chi connectivity index (χ3v) is 1.77. The Kier molecular flexibility index (Phi) is 3.43. The lowest BCUT2D eigenvalue weighted by Gasteiger charge is -2.00. The summed E-state index contributed by atoms with van der Waals surface area (Å²) >= 11 is 0. The molecule has 0 N–H and O–H groups in total. The second-order valence-corrected chi connectivity index (χ2v) is 2.91. The quantitative estimate of drug-likeness (QED) is 0.705. The summed E-state index contributed by atoms with van der Waals surface area (Å²) in [5.41, 5.74) is 1.07. The highest BCUT2D eigenvalue weighted by Gasteiger charge is 1.97. The van der Waals surface area contributed by atoms with E-state index in [1.165, 1.54) is 0 Å². The van der Waals surface area contributed by atoms with Crippen molar-refractivity contribution in [2.24, 2.45) is 0 Å². The van der Waals surface area contributed by atoms with Crippen molar-refractivity contribution in [2.75, 3.05) is 7.11 Å². The zero-order valence-corrected chi connectivity index (χ0v) is 7.91. The van der Waals surface area contributed by atoms with Crippen LogP contribution in [0, 0.1) is 0 Å². The molecule has 0 spiro atoms. The lowest BCUT2D eigenvalue weighted by molar-refractivity contribution is -0.116. The monoisotopic (exact) mass is 179 g/mol. The first kappa shape index (κ1) is 9.71. The second-order valence-electron chi connectivity index (χ2n) is 2.91. The van der Waals surface area contributed by atoms with Crippen molar-refractivity contribution in [1.29, 1.82) is 0 Å². The van der Waals surface area contributed by atoms with E-state index in [1.807, 2.05) is 6.07 Å². The number of hydrogen-bond acceptors (Lipinski definition) is 3. The van der Waals surface area contributed by atoms with Gasteiger partial charge in [-0.05, 0) is 18.9 Å². The van der Waals surface area contributed by atoms with Crippen molar-refractivity contribution >= 4 is 5.78 Å². The van der Waals surface area contributed by atoms with E-state index >= 15 is 0 Å². The van der Waals surface area contributed by atoms with E-state index in [0.717, 1.165) is 12.0 Å². The number of aryl methyl sites for hydroxylation is 1. The molecule has 0 saturated carbocycles. The second kappa shape index (κ2) is 4.60. The largest absolute Gasteiger partial charge is 0.481 e. The molecule has 1 heterocycles. The Hall–Kier alpha value is -1.38. The lowest BCUT2D eigenvalue weighted by atomic mass is 10.1. The topological polar surface area (TPSA) is 39.2 Å². The van der Waals surface area contributed by atoms with Gasteiger partial charge in [-0.2, -0.15) is 0 Å². The molecule has 0 aliphatic carbocycles. The van der Waals surface area contributed by atoms with E-state index in [9.17, 15) is 4.79 Å². The molecule has 0 atom stereocenters. The number of ether oxygens (including phenoxy) is 1. The van der Waals surface area contributed by atoms with Gasteiger partial charge in [0.15, 0.2) is 0 Å². The van der Waals surface area contributed by atoms with Crippen LogP contribution in [0.15, 0.2) is 18.3 Å². The molecule has 0 amide bonds. The summed E-state index contributed by atoms with van der Waals surface area (Å²) in [4.78, 5) is 14.7. The smallest absolute Gasteiger partial charge is 0.212 e. The van der Waals surface area contributed by atoms with Crippen LogP contribution in [0.3, 0.4) is 0 Å². The molecular formula is C10H13NO2. The zero-order valence-electron chi connectivity index (χ0n) is 7.91. The highest BCUT2D eigenvalue weighted by atomic mass is 16.5. The summed E-state index contributed by atoms with van der Waals surface area (Å²) in [7, 11) is 1.58. The number of ketones is 1. The minimum absolute atomic E-state index is 0.204. The fourth-order valence-electron chi connectivity index (χ4n) is 1.000. The maximum absolute atomic E-state index is 10.7. The van der Waals surface area contributed by atoms with E-state index in [4.69, 9.17) is 4.74 Å². The molecule has 70 valence electrons. The minimum Gasteiger partial charge on any atom is -0.481 e. The van der Waals surface area contributed by atoms with Crippen LogP contribution in [0.25, 0.3) is 0 Å². The van der Waals surface area contributed by atoms with Crippen molar-refractivity contribution in [2.45, 2.75) is 19.8 Å². The molecule has 1 rings (SSSR count). The molecule has 0 fully saturated rings. The number of methoxy groups -OCH3 is 1. The van der Waals surface area contributed by atoms with E-state index in [-0.39, 0.29) is 5.78 Å². The number of aromatic nitrogens is 1. The van der Waals surface area contributed by atoms with Crippen molar-refractivity contribution < 1.29 is 9.53 Å². The molecule has 13 heavy (non-hydrogen) atoms. The van der Waals surface area contributed by atoms with Crippen LogP contribution in [0.5, 0.6) is 5.88 Å². The fraction of sp³-hybridized carbons (Fsp3) is 0.400. The van der Waals surface area contributed by atoms with Gasteiger partial charge in [0.25, 0.3) is 0 Å². The third kappa shape index (κ3) is 3.23. The first-order valence-electron chi connectivity index (χ1n) is 4.20. The molecule has 1 aromatic rings. The summed E-state index contributed by atoms with van der Waals surface area (Å²) in [6, 6.07) is 3.73. The summed E-state index contributed by atoms with van der Waals surface area (Å²) in [6.07, 6.45) is 3.07. The normalized spacial score (nSPS) is 9.69. The molecule has 0 aliphatic rings. The van der Waals surface area contributed by atoms with Gasteiger partial charge >= 0.3 is 0 Å². The maximum Gasteiger partial charge on any atom is 0.212 e. The molecule has 0 radical (unpaired) electrons. The lowest BCUT2D eigenvalue weighted by Crippen LogP contribution is -1.95. The van der Waals surface area contributed by atoms with Gasteiger partial charge in [-0.25, -0.2) is 4.98 Å². The molecule has 3 heteroatoms. The number of carbonyl (C=O) groups is 1. The Morgan fingerprint density at radius 1 is 1.54 bits per heavy atom. The number of rotatable bonds is 4. The summed E-state index contributed by atoms with van der Waals surface area (Å²) in [5.74, 6) is 0.808. The number of hydrogen-bond donors (Lipinski definition) is 0. The van der Waals surface area contributed by atoms with Gasteiger partial charge in [-0.15, -0.1) is 0 Å². The zero-order chi connectivity index (χ0) is 9.68. The predicted octanol–water partition coefficient (Wildman–Crippen LogP) is 1.61. The molecular weight excluding hydrogens is 166 g/mol.